The average molecular weight is 235 g/mol. The predicted molar refractivity (Wildman–Crippen MR) is 66.6 cm³/mol. The molecule has 2 fully saturated rings. The zero-order chi connectivity index (χ0) is 11.7. The molecule has 0 bridgehead atoms. The largest absolute Gasteiger partial charge is 0.382 e. The summed E-state index contributed by atoms with van der Waals surface area (Å²) in [5.41, 5.74) is 5.83. The number of nitrogen functional groups attached to an aromatic ring is 1. The Morgan fingerprint density at radius 2 is 2.18 bits per heavy atom. The van der Waals surface area contributed by atoms with Gasteiger partial charge in [0.25, 0.3) is 0 Å². The van der Waals surface area contributed by atoms with E-state index < -0.39 is 0 Å². The molecule has 1 aliphatic heterocycles. The van der Waals surface area contributed by atoms with Crippen LogP contribution in [0.1, 0.15) is 44.9 Å². The van der Waals surface area contributed by atoms with E-state index in [1.165, 1.54) is 44.9 Å². The highest BCUT2D eigenvalue weighted by Gasteiger charge is 2.40. The van der Waals surface area contributed by atoms with Crippen molar-refractivity contribution in [2.24, 2.45) is 0 Å². The van der Waals surface area contributed by atoms with Gasteiger partial charge in [-0.15, -0.1) is 0 Å². The quantitative estimate of drug-likeness (QED) is 0.856. The molecular formula is C13H21N3O. The minimum absolute atomic E-state index is 0.210. The summed E-state index contributed by atoms with van der Waals surface area (Å²) in [6, 6.07) is 1.84. The molecule has 2 aliphatic rings. The van der Waals surface area contributed by atoms with Crippen LogP contribution in [-0.4, -0.2) is 21.5 Å². The fraction of sp³-hybridized carbons (Fsp3) is 0.769. The van der Waals surface area contributed by atoms with Crippen molar-refractivity contribution in [3.8, 4) is 0 Å². The minimum atomic E-state index is 0.210. The van der Waals surface area contributed by atoms with Crippen LogP contribution in [0.15, 0.2) is 12.3 Å². The Kier molecular flexibility index (Phi) is 2.82. The van der Waals surface area contributed by atoms with E-state index in [1.54, 1.807) is 0 Å². The molecule has 2 heterocycles. The van der Waals surface area contributed by atoms with Gasteiger partial charge in [-0.1, -0.05) is 19.3 Å². The topological polar surface area (TPSA) is 53.1 Å². The number of anilines is 1. The Morgan fingerprint density at radius 1 is 1.35 bits per heavy atom. The molecule has 1 aliphatic carbocycles. The maximum atomic E-state index is 6.30. The summed E-state index contributed by atoms with van der Waals surface area (Å²) in [5.74, 6) is 0.593. The number of rotatable bonds is 2. The molecule has 0 radical (unpaired) electrons. The van der Waals surface area contributed by atoms with Crippen molar-refractivity contribution in [2.75, 3.05) is 5.73 Å². The van der Waals surface area contributed by atoms with Crippen molar-refractivity contribution in [3.63, 3.8) is 0 Å². The molecular weight excluding hydrogens is 214 g/mol. The van der Waals surface area contributed by atoms with Crippen molar-refractivity contribution in [1.29, 1.82) is 0 Å². The first-order valence-electron chi connectivity index (χ1n) is 6.73. The Morgan fingerprint density at radius 3 is 2.88 bits per heavy atom. The molecule has 0 amide bonds. The van der Waals surface area contributed by atoms with Gasteiger partial charge in [-0.3, -0.25) is 4.68 Å². The lowest BCUT2D eigenvalue weighted by Gasteiger charge is -2.33. The lowest BCUT2D eigenvalue weighted by atomic mass is 9.83. The van der Waals surface area contributed by atoms with Crippen LogP contribution in [0, 0.1) is 0 Å². The summed E-state index contributed by atoms with van der Waals surface area (Å²) in [7, 11) is 0. The third-order valence-electron chi connectivity index (χ3n) is 4.16. The van der Waals surface area contributed by atoms with Crippen molar-refractivity contribution in [1.82, 2.24) is 9.78 Å². The molecule has 1 saturated carbocycles. The Hall–Kier alpha value is -1.03. The zero-order valence-corrected chi connectivity index (χ0v) is 10.3. The van der Waals surface area contributed by atoms with E-state index in [2.05, 4.69) is 5.10 Å². The third-order valence-corrected chi connectivity index (χ3v) is 4.16. The molecule has 1 spiro atoms. The van der Waals surface area contributed by atoms with Gasteiger partial charge < -0.3 is 10.5 Å². The number of nitrogens with zero attached hydrogens (tertiary/aromatic N) is 2. The van der Waals surface area contributed by atoms with E-state index >= 15 is 0 Å². The SMILES string of the molecule is Nc1ccn(CC2CCC3(CCCCC3)O2)n1. The summed E-state index contributed by atoms with van der Waals surface area (Å²) in [4.78, 5) is 0. The molecule has 2 N–H and O–H groups in total. The highest BCUT2D eigenvalue weighted by atomic mass is 16.5. The summed E-state index contributed by atoms with van der Waals surface area (Å²) in [6.07, 6.45) is 11.2. The van der Waals surface area contributed by atoms with E-state index in [0.717, 1.165) is 6.54 Å². The van der Waals surface area contributed by atoms with Crippen molar-refractivity contribution < 1.29 is 4.74 Å². The fourth-order valence-electron chi connectivity index (χ4n) is 3.28. The van der Waals surface area contributed by atoms with Gasteiger partial charge in [-0.25, -0.2) is 0 Å². The van der Waals surface area contributed by atoms with Gasteiger partial charge in [-0.2, -0.15) is 5.10 Å². The van der Waals surface area contributed by atoms with Crippen LogP contribution in [0.5, 0.6) is 0 Å². The van der Waals surface area contributed by atoms with Crippen LogP contribution in [0.3, 0.4) is 0 Å². The van der Waals surface area contributed by atoms with Gasteiger partial charge in [-0.05, 0) is 31.7 Å². The number of hydrogen-bond acceptors (Lipinski definition) is 3. The van der Waals surface area contributed by atoms with Gasteiger partial charge in [0, 0.05) is 6.20 Å². The molecule has 1 aromatic rings. The summed E-state index contributed by atoms with van der Waals surface area (Å²) in [5, 5.41) is 4.22. The zero-order valence-electron chi connectivity index (χ0n) is 10.3. The molecule has 4 nitrogen and oxygen atoms in total. The second kappa shape index (κ2) is 4.33. The Bertz CT molecular complexity index is 382. The monoisotopic (exact) mass is 235 g/mol. The molecule has 94 valence electrons. The van der Waals surface area contributed by atoms with Gasteiger partial charge in [0.15, 0.2) is 0 Å². The van der Waals surface area contributed by atoms with Gasteiger partial charge in [0.1, 0.15) is 5.82 Å². The molecule has 4 heteroatoms. The van der Waals surface area contributed by atoms with Crippen molar-refractivity contribution in [3.05, 3.63) is 12.3 Å². The smallest absolute Gasteiger partial charge is 0.145 e. The molecule has 3 rings (SSSR count). The molecule has 1 aromatic heterocycles. The molecule has 0 aromatic carbocycles. The highest BCUT2D eigenvalue weighted by molar-refractivity contribution is 5.23. The van der Waals surface area contributed by atoms with Crippen LogP contribution in [0.2, 0.25) is 0 Å². The van der Waals surface area contributed by atoms with Crippen molar-refractivity contribution >= 4 is 5.82 Å². The molecule has 1 saturated heterocycles. The Balaban J connectivity index is 1.60. The first-order chi connectivity index (χ1) is 8.26. The fourth-order valence-corrected chi connectivity index (χ4v) is 3.28. The lowest BCUT2D eigenvalue weighted by molar-refractivity contribution is -0.0688. The van der Waals surface area contributed by atoms with E-state index in [1.807, 2.05) is 16.9 Å². The second-order valence-electron chi connectivity index (χ2n) is 5.48. The van der Waals surface area contributed by atoms with Crippen molar-refractivity contribution in [2.45, 2.75) is 63.2 Å². The average Bonchev–Trinajstić information content (AvgIpc) is 2.89. The highest BCUT2D eigenvalue weighted by Crippen LogP contribution is 2.42. The molecule has 1 unspecified atom stereocenters. The summed E-state index contributed by atoms with van der Waals surface area (Å²) < 4.78 is 8.21. The van der Waals surface area contributed by atoms with Crippen LogP contribution >= 0.6 is 0 Å². The minimum Gasteiger partial charge on any atom is -0.382 e. The van der Waals surface area contributed by atoms with Crippen LogP contribution < -0.4 is 5.73 Å². The standard InChI is InChI=1S/C13H21N3O/c14-12-5-9-16(15-12)10-11-4-8-13(17-11)6-2-1-3-7-13/h5,9,11H,1-4,6-8,10H2,(H2,14,15). The Labute approximate surface area is 102 Å². The number of nitrogens with two attached hydrogens (primary N) is 1. The van der Waals surface area contributed by atoms with Gasteiger partial charge in [0.05, 0.1) is 18.2 Å². The normalized spacial score (nSPS) is 27.6. The predicted octanol–water partition coefficient (Wildman–Crippen LogP) is 2.35. The maximum Gasteiger partial charge on any atom is 0.145 e. The lowest BCUT2D eigenvalue weighted by Crippen LogP contribution is -2.32. The second-order valence-corrected chi connectivity index (χ2v) is 5.48. The van der Waals surface area contributed by atoms with Gasteiger partial charge in [0.2, 0.25) is 0 Å². The number of hydrogen-bond donors (Lipinski definition) is 1. The van der Waals surface area contributed by atoms with E-state index in [9.17, 15) is 0 Å². The number of aromatic nitrogens is 2. The maximum absolute atomic E-state index is 6.30. The first kappa shape index (κ1) is 11.1. The van der Waals surface area contributed by atoms with Crippen LogP contribution in [-0.2, 0) is 11.3 Å². The first-order valence-corrected chi connectivity index (χ1v) is 6.73. The van der Waals surface area contributed by atoms with E-state index in [-0.39, 0.29) is 5.60 Å². The molecule has 17 heavy (non-hydrogen) atoms. The summed E-state index contributed by atoms with van der Waals surface area (Å²) in [6.45, 7) is 0.846. The molecule has 1 atom stereocenters. The van der Waals surface area contributed by atoms with Gasteiger partial charge >= 0.3 is 0 Å². The third kappa shape index (κ3) is 2.32. The summed E-state index contributed by atoms with van der Waals surface area (Å²) >= 11 is 0. The number of ether oxygens (including phenoxy) is 1. The van der Waals surface area contributed by atoms with E-state index in [4.69, 9.17) is 10.5 Å². The van der Waals surface area contributed by atoms with Crippen LogP contribution in [0.25, 0.3) is 0 Å². The van der Waals surface area contributed by atoms with E-state index in [0.29, 0.717) is 11.9 Å². The van der Waals surface area contributed by atoms with Crippen LogP contribution in [0.4, 0.5) is 5.82 Å².